The molecule has 2 aliphatic carbocycles. The van der Waals surface area contributed by atoms with Gasteiger partial charge in [0.05, 0.1) is 28.8 Å². The third-order valence-electron chi connectivity index (χ3n) is 4.76. The second-order valence-corrected chi connectivity index (χ2v) is 7.07. The minimum atomic E-state index is -0.0965. The van der Waals surface area contributed by atoms with Crippen molar-refractivity contribution in [1.82, 2.24) is 24.3 Å². The number of hydrogen-bond acceptors (Lipinski definition) is 4. The van der Waals surface area contributed by atoms with Gasteiger partial charge in [0, 0.05) is 12.0 Å². The molecule has 2 aliphatic rings. The molecule has 0 saturated heterocycles. The lowest BCUT2D eigenvalue weighted by atomic mass is 10.2. The zero-order chi connectivity index (χ0) is 16.3. The lowest BCUT2D eigenvalue weighted by molar-refractivity contribution is 0.606. The molecule has 0 unspecified atom stereocenters. The molecule has 7 heteroatoms. The lowest BCUT2D eigenvalue weighted by Gasteiger charge is -2.10. The molecule has 0 aliphatic heterocycles. The number of benzene rings is 1. The Labute approximate surface area is 143 Å². The van der Waals surface area contributed by atoms with Gasteiger partial charge in [0.15, 0.2) is 5.82 Å². The first-order valence-electron chi connectivity index (χ1n) is 8.29. The van der Waals surface area contributed by atoms with Gasteiger partial charge in [-0.2, -0.15) is 0 Å². The summed E-state index contributed by atoms with van der Waals surface area (Å²) in [5.74, 6) is 2.50. The fourth-order valence-electron chi connectivity index (χ4n) is 3.21. The van der Waals surface area contributed by atoms with Crippen molar-refractivity contribution < 1.29 is 0 Å². The van der Waals surface area contributed by atoms with E-state index in [9.17, 15) is 4.79 Å². The van der Waals surface area contributed by atoms with Gasteiger partial charge in [-0.1, -0.05) is 17.7 Å². The summed E-state index contributed by atoms with van der Waals surface area (Å²) in [6.45, 7) is 0.393. The van der Waals surface area contributed by atoms with Crippen LogP contribution in [0.25, 0.3) is 10.9 Å². The zero-order valence-corrected chi connectivity index (χ0v) is 13.8. The number of fused-ring (bicyclic) bond motifs is 1. The fraction of sp³-hybridized carbons (Fsp3) is 0.412. The van der Waals surface area contributed by atoms with Crippen LogP contribution in [0.3, 0.4) is 0 Å². The Hall–Kier alpha value is -2.21. The van der Waals surface area contributed by atoms with Crippen LogP contribution < -0.4 is 5.56 Å². The van der Waals surface area contributed by atoms with Crippen LogP contribution in [0.2, 0.25) is 5.02 Å². The van der Waals surface area contributed by atoms with E-state index in [0.29, 0.717) is 34.4 Å². The standard InChI is InChI=1S/C17H16ClN5O/c18-13-3-1-2-12-15(13)19-9-22(17(12)24)8-14-20-21-16(10-4-5-10)23(14)11-6-7-11/h1-3,9-11H,4-8H2. The average molecular weight is 342 g/mol. The van der Waals surface area contributed by atoms with E-state index in [4.69, 9.17) is 11.6 Å². The number of para-hydroxylation sites is 1. The molecule has 0 atom stereocenters. The Balaban J connectivity index is 1.58. The first-order chi connectivity index (χ1) is 11.7. The maximum atomic E-state index is 12.7. The highest BCUT2D eigenvalue weighted by atomic mass is 35.5. The summed E-state index contributed by atoms with van der Waals surface area (Å²) in [7, 11) is 0. The van der Waals surface area contributed by atoms with Crippen molar-refractivity contribution in [3.05, 3.63) is 51.6 Å². The van der Waals surface area contributed by atoms with Gasteiger partial charge >= 0.3 is 0 Å². The monoisotopic (exact) mass is 341 g/mol. The van der Waals surface area contributed by atoms with E-state index in [2.05, 4.69) is 19.7 Å². The molecule has 24 heavy (non-hydrogen) atoms. The van der Waals surface area contributed by atoms with E-state index in [-0.39, 0.29) is 5.56 Å². The molecule has 1 aromatic carbocycles. The molecular formula is C17H16ClN5O. The predicted octanol–water partition coefficient (Wildman–Crippen LogP) is 2.90. The Morgan fingerprint density at radius 1 is 1.17 bits per heavy atom. The van der Waals surface area contributed by atoms with Gasteiger partial charge in [0.25, 0.3) is 5.56 Å². The Morgan fingerprint density at radius 2 is 2.00 bits per heavy atom. The quantitative estimate of drug-likeness (QED) is 0.732. The van der Waals surface area contributed by atoms with Crippen molar-refractivity contribution in [2.45, 2.75) is 44.2 Å². The van der Waals surface area contributed by atoms with Gasteiger partial charge in [0.2, 0.25) is 0 Å². The Kier molecular flexibility index (Phi) is 3.03. The summed E-state index contributed by atoms with van der Waals surface area (Å²) < 4.78 is 3.85. The summed E-state index contributed by atoms with van der Waals surface area (Å²) in [5, 5.41) is 9.80. The van der Waals surface area contributed by atoms with Crippen LogP contribution in [0, 0.1) is 0 Å². The number of hydrogen-bond donors (Lipinski definition) is 0. The summed E-state index contributed by atoms with van der Waals surface area (Å²) in [6.07, 6.45) is 6.29. The highest BCUT2D eigenvalue weighted by Gasteiger charge is 2.36. The molecule has 6 nitrogen and oxygen atoms in total. The fourth-order valence-corrected chi connectivity index (χ4v) is 3.44. The predicted molar refractivity (Wildman–Crippen MR) is 90.4 cm³/mol. The summed E-state index contributed by atoms with van der Waals surface area (Å²) in [4.78, 5) is 17.1. The number of aromatic nitrogens is 5. The van der Waals surface area contributed by atoms with Crippen molar-refractivity contribution >= 4 is 22.5 Å². The van der Waals surface area contributed by atoms with E-state index in [1.165, 1.54) is 25.7 Å². The maximum Gasteiger partial charge on any atom is 0.261 e. The smallest absolute Gasteiger partial charge is 0.261 e. The molecule has 122 valence electrons. The van der Waals surface area contributed by atoms with Crippen molar-refractivity contribution in [3.8, 4) is 0 Å². The molecule has 3 aromatic rings. The first kappa shape index (κ1) is 14.2. The molecule has 0 bridgehead atoms. The molecule has 5 rings (SSSR count). The number of rotatable bonds is 4. The van der Waals surface area contributed by atoms with E-state index in [0.717, 1.165) is 11.6 Å². The minimum absolute atomic E-state index is 0.0965. The highest BCUT2D eigenvalue weighted by molar-refractivity contribution is 6.34. The molecule has 2 heterocycles. The van der Waals surface area contributed by atoms with Crippen molar-refractivity contribution in [2.75, 3.05) is 0 Å². The second-order valence-electron chi connectivity index (χ2n) is 6.66. The minimum Gasteiger partial charge on any atom is -0.310 e. The maximum absolute atomic E-state index is 12.7. The number of halogens is 1. The second kappa shape index (κ2) is 5.14. The normalized spacial score (nSPS) is 17.5. The molecular weight excluding hydrogens is 326 g/mol. The summed E-state index contributed by atoms with van der Waals surface area (Å²) >= 11 is 6.12. The average Bonchev–Trinajstić information content (AvgIpc) is 3.50. The van der Waals surface area contributed by atoms with Gasteiger partial charge in [-0.05, 0) is 37.8 Å². The van der Waals surface area contributed by atoms with Crippen LogP contribution in [-0.2, 0) is 6.54 Å². The van der Waals surface area contributed by atoms with E-state index >= 15 is 0 Å². The van der Waals surface area contributed by atoms with Crippen molar-refractivity contribution in [1.29, 1.82) is 0 Å². The lowest BCUT2D eigenvalue weighted by Crippen LogP contribution is -2.23. The summed E-state index contributed by atoms with van der Waals surface area (Å²) in [6, 6.07) is 5.78. The molecule has 2 saturated carbocycles. The van der Waals surface area contributed by atoms with Crippen LogP contribution in [0.15, 0.2) is 29.3 Å². The van der Waals surface area contributed by atoms with E-state index in [1.54, 1.807) is 29.1 Å². The highest BCUT2D eigenvalue weighted by Crippen LogP contribution is 2.44. The SMILES string of the molecule is O=c1c2cccc(Cl)c2ncn1Cc1nnc(C2CC2)n1C1CC1. The third-order valence-corrected chi connectivity index (χ3v) is 5.07. The van der Waals surface area contributed by atoms with Gasteiger partial charge in [-0.25, -0.2) is 4.98 Å². The van der Waals surface area contributed by atoms with Crippen molar-refractivity contribution in [2.24, 2.45) is 0 Å². The molecule has 2 fully saturated rings. The Morgan fingerprint density at radius 3 is 2.75 bits per heavy atom. The van der Waals surface area contributed by atoms with Gasteiger partial charge in [-0.3, -0.25) is 9.36 Å². The molecule has 2 aromatic heterocycles. The van der Waals surface area contributed by atoms with Gasteiger partial charge in [0.1, 0.15) is 5.82 Å². The third kappa shape index (κ3) is 2.24. The van der Waals surface area contributed by atoms with Gasteiger partial charge < -0.3 is 4.57 Å². The largest absolute Gasteiger partial charge is 0.310 e. The molecule has 0 spiro atoms. The molecule has 0 amide bonds. The molecule has 0 N–H and O–H groups in total. The van der Waals surface area contributed by atoms with Gasteiger partial charge in [-0.15, -0.1) is 10.2 Å². The van der Waals surface area contributed by atoms with Crippen LogP contribution >= 0.6 is 11.6 Å². The molecule has 0 radical (unpaired) electrons. The van der Waals surface area contributed by atoms with Crippen LogP contribution in [0.4, 0.5) is 0 Å². The Bertz CT molecular complexity index is 1000. The summed E-state index contributed by atoms with van der Waals surface area (Å²) in [5.41, 5.74) is 0.448. The van der Waals surface area contributed by atoms with Crippen LogP contribution in [-0.4, -0.2) is 24.3 Å². The first-order valence-corrected chi connectivity index (χ1v) is 8.67. The van der Waals surface area contributed by atoms with E-state index in [1.807, 2.05) is 0 Å². The van der Waals surface area contributed by atoms with Crippen LogP contribution in [0.1, 0.15) is 49.3 Å². The zero-order valence-electron chi connectivity index (χ0n) is 13.0. The topological polar surface area (TPSA) is 65.6 Å². The van der Waals surface area contributed by atoms with E-state index < -0.39 is 0 Å². The van der Waals surface area contributed by atoms with Crippen molar-refractivity contribution in [3.63, 3.8) is 0 Å². The van der Waals surface area contributed by atoms with Crippen LogP contribution in [0.5, 0.6) is 0 Å². The number of nitrogens with zero attached hydrogens (tertiary/aromatic N) is 5.